The molecule has 0 spiro atoms. The molecule has 9 nitrogen and oxygen atoms in total. The van der Waals surface area contributed by atoms with Crippen LogP contribution in [0.3, 0.4) is 0 Å². The Morgan fingerprint density at radius 1 is 0.580 bits per heavy atom. The largest absolute Gasteiger partial charge is 2.00 e. The van der Waals surface area contributed by atoms with E-state index in [4.69, 9.17) is 28.4 Å². The van der Waals surface area contributed by atoms with Crippen molar-refractivity contribution in [1.82, 2.24) is 15.0 Å². The van der Waals surface area contributed by atoms with Crippen LogP contribution in [0.2, 0.25) is 0 Å². The molecule has 3 aromatic rings. The zero-order valence-corrected chi connectivity index (χ0v) is 28.1. The van der Waals surface area contributed by atoms with Crippen molar-refractivity contribution in [2.24, 2.45) is 0 Å². The van der Waals surface area contributed by atoms with Gasteiger partial charge in [0, 0.05) is 18.6 Å². The number of nitrogens with zero attached hydrogens (tertiary/aromatic N) is 3. The average Bonchev–Trinajstić information content (AvgIpc) is 3.33. The van der Waals surface area contributed by atoms with Gasteiger partial charge in [-0.3, -0.25) is 15.0 Å². The first-order valence-corrected chi connectivity index (χ1v) is 17.8. The van der Waals surface area contributed by atoms with Gasteiger partial charge in [-0.15, -0.1) is 0 Å². The number of ether oxygens (including phenoxy) is 6. The fraction of sp³-hybridized carbons (Fsp3) is 0.423. The van der Waals surface area contributed by atoms with Crippen molar-refractivity contribution in [3.8, 4) is 0 Å². The SMILES string of the molecule is C[C@H]1O[C@H]2O[C@H](COCc3ccccn3)[C@H](OCc3ccccn3)[C@H](OCc3ccccn3)[C@H]2O1.F[P-](F)(F)(F)(F)F.F[P-](F)(F)(F)(F)F.[Co+2]. The molecular weight excluding hydrogens is 799 g/mol. The van der Waals surface area contributed by atoms with Crippen LogP contribution in [-0.2, 0) is 65.0 Å². The normalized spacial score (nSPS) is 26.1. The Labute approximate surface area is 286 Å². The third-order valence-electron chi connectivity index (χ3n) is 5.82. The Hall–Kier alpha value is -2.26. The monoisotopic (exact) mass is 828 g/mol. The van der Waals surface area contributed by atoms with Gasteiger partial charge in [0.05, 0.1) is 43.5 Å². The first-order valence-electron chi connectivity index (χ1n) is 13.8. The molecule has 5 heterocycles. The van der Waals surface area contributed by atoms with Gasteiger partial charge in [0.2, 0.25) is 0 Å². The minimum atomic E-state index is -10.7. The smallest absolute Gasteiger partial charge is 2.00 e. The van der Waals surface area contributed by atoms with Gasteiger partial charge in [0.25, 0.3) is 0 Å². The van der Waals surface area contributed by atoms with E-state index in [0.717, 1.165) is 17.1 Å². The maximum absolute atomic E-state index is 10.7. The molecule has 1 radical (unpaired) electrons. The number of rotatable bonds is 10. The van der Waals surface area contributed by atoms with Crippen molar-refractivity contribution in [3.63, 3.8) is 0 Å². The van der Waals surface area contributed by atoms with Gasteiger partial charge in [0.15, 0.2) is 12.6 Å². The summed E-state index contributed by atoms with van der Waals surface area (Å²) in [6.07, 6.45) is 2.36. The molecule has 3 aromatic heterocycles. The summed E-state index contributed by atoms with van der Waals surface area (Å²) in [7, 11) is -21.3. The van der Waals surface area contributed by atoms with Crippen LogP contribution in [-0.4, -0.2) is 58.6 Å². The molecule has 0 aliphatic carbocycles. The fourth-order valence-corrected chi connectivity index (χ4v) is 4.19. The molecule has 2 fully saturated rings. The first kappa shape index (κ1) is 43.9. The fourth-order valence-electron chi connectivity index (χ4n) is 4.19. The predicted molar refractivity (Wildman–Crippen MR) is 151 cm³/mol. The molecule has 50 heavy (non-hydrogen) atoms. The third kappa shape index (κ3) is 21.2. The minimum Gasteiger partial charge on any atom is 2.00 e. The Morgan fingerprint density at radius 3 is 1.38 bits per heavy atom. The summed E-state index contributed by atoms with van der Waals surface area (Å²) in [6.45, 7) is 3.07. The van der Waals surface area contributed by atoms with Gasteiger partial charge in [0.1, 0.15) is 24.4 Å². The molecule has 0 N–H and O–H groups in total. The summed E-state index contributed by atoms with van der Waals surface area (Å²) >= 11 is 0. The molecule has 0 aromatic carbocycles. The van der Waals surface area contributed by atoms with Crippen LogP contribution in [0.1, 0.15) is 24.0 Å². The Kier molecular flexibility index (Phi) is 13.5. The van der Waals surface area contributed by atoms with Crippen LogP contribution in [0.15, 0.2) is 73.2 Å². The molecule has 0 bridgehead atoms. The molecule has 24 heteroatoms. The summed E-state index contributed by atoms with van der Waals surface area (Å²) in [4.78, 5) is 13.1. The summed E-state index contributed by atoms with van der Waals surface area (Å²) in [5.74, 6) is 0. The van der Waals surface area contributed by atoms with Gasteiger partial charge in [-0.25, -0.2) is 0 Å². The van der Waals surface area contributed by atoms with Crippen molar-refractivity contribution in [1.29, 1.82) is 0 Å². The Balaban J connectivity index is 0.000000489. The number of hydrogen-bond donors (Lipinski definition) is 0. The molecular formula is C26H29CoF12N3O6P2. The molecule has 2 aliphatic heterocycles. The van der Waals surface area contributed by atoms with Crippen LogP contribution in [0.25, 0.3) is 0 Å². The number of halogens is 12. The maximum Gasteiger partial charge on any atom is 2.00 e. The second-order valence-electron chi connectivity index (χ2n) is 10.3. The summed E-state index contributed by atoms with van der Waals surface area (Å²) < 4.78 is 155. The van der Waals surface area contributed by atoms with Crippen molar-refractivity contribution in [3.05, 3.63) is 90.3 Å². The van der Waals surface area contributed by atoms with Gasteiger partial charge in [-0.1, -0.05) is 18.2 Å². The van der Waals surface area contributed by atoms with Crippen molar-refractivity contribution < 1.29 is 95.6 Å². The maximum atomic E-state index is 9.87. The van der Waals surface area contributed by atoms with Gasteiger partial charge in [-0.2, -0.15) is 0 Å². The molecule has 0 saturated carbocycles. The quantitative estimate of drug-likeness (QED) is 0.146. The Morgan fingerprint density at radius 2 is 0.980 bits per heavy atom. The van der Waals surface area contributed by atoms with Crippen molar-refractivity contribution in [2.45, 2.75) is 63.7 Å². The molecule has 0 unspecified atom stereocenters. The zero-order chi connectivity index (χ0) is 36.7. The molecule has 287 valence electrons. The summed E-state index contributed by atoms with van der Waals surface area (Å²) in [5, 5.41) is 0. The summed E-state index contributed by atoms with van der Waals surface area (Å²) in [6, 6.07) is 17.2. The number of aromatic nitrogens is 3. The number of fused-ring (bicyclic) bond motifs is 1. The van der Waals surface area contributed by atoms with E-state index >= 15 is 0 Å². The standard InChI is InChI=1S/C26H29N3O6.Co.2F6P/c1-18-33-25-24(32-16-21-10-4-7-13-29-21)23(31-15-20-9-3-6-12-28-20)22(35-26(25)34-18)17-30-14-19-8-2-5-11-27-19;;2*1-7(2,3,4,5)6/h2-13,18,22-26H,14-17H2,1H3;;;/q;+2;2*-1/t18-,22-,23+,24+,25-,26+;;;/m1.../s1. The van der Waals surface area contributed by atoms with E-state index in [2.05, 4.69) is 15.0 Å². The average molecular weight is 828 g/mol. The van der Waals surface area contributed by atoms with E-state index in [1.54, 1.807) is 18.6 Å². The zero-order valence-electron chi connectivity index (χ0n) is 25.3. The molecule has 0 amide bonds. The molecule has 2 aliphatic rings. The van der Waals surface area contributed by atoms with Crippen LogP contribution in [0.5, 0.6) is 0 Å². The van der Waals surface area contributed by atoms with E-state index in [1.807, 2.05) is 61.5 Å². The van der Waals surface area contributed by atoms with Crippen LogP contribution >= 0.6 is 15.6 Å². The molecule has 5 rings (SSSR count). The van der Waals surface area contributed by atoms with Crippen molar-refractivity contribution in [2.75, 3.05) is 6.61 Å². The molecule has 2 saturated heterocycles. The van der Waals surface area contributed by atoms with E-state index in [9.17, 15) is 50.4 Å². The van der Waals surface area contributed by atoms with Crippen LogP contribution in [0, 0.1) is 0 Å². The van der Waals surface area contributed by atoms with Crippen LogP contribution < -0.4 is 0 Å². The van der Waals surface area contributed by atoms with Crippen LogP contribution in [0.4, 0.5) is 50.4 Å². The van der Waals surface area contributed by atoms with Gasteiger partial charge >= 0.3 is 82.8 Å². The third-order valence-corrected chi connectivity index (χ3v) is 5.82. The predicted octanol–water partition coefficient (Wildman–Crippen LogP) is 9.81. The van der Waals surface area contributed by atoms with E-state index in [0.29, 0.717) is 19.8 Å². The first-order chi connectivity index (χ1) is 22.2. The molecule has 6 atom stereocenters. The van der Waals surface area contributed by atoms with Crippen molar-refractivity contribution >= 4 is 15.6 Å². The minimum absolute atomic E-state index is 0. The topological polar surface area (TPSA) is 94.1 Å². The van der Waals surface area contributed by atoms with E-state index in [1.165, 1.54) is 0 Å². The Bertz CT molecular complexity index is 1420. The van der Waals surface area contributed by atoms with E-state index in [-0.39, 0.29) is 23.4 Å². The number of pyridine rings is 3. The van der Waals surface area contributed by atoms with Gasteiger partial charge < -0.3 is 28.4 Å². The second-order valence-corrected chi connectivity index (χ2v) is 14.1. The van der Waals surface area contributed by atoms with E-state index < -0.39 is 52.6 Å². The number of hydrogen-bond acceptors (Lipinski definition) is 9. The van der Waals surface area contributed by atoms with Gasteiger partial charge in [-0.05, 0) is 43.3 Å². The summed E-state index contributed by atoms with van der Waals surface area (Å²) in [5.41, 5.74) is 2.46. The second kappa shape index (κ2) is 15.4.